The van der Waals surface area contributed by atoms with Crippen molar-refractivity contribution >= 4 is 5.91 Å². The first-order chi connectivity index (χ1) is 6.74. The molecule has 0 bridgehead atoms. The lowest BCUT2D eigenvalue weighted by Crippen LogP contribution is -2.13. The highest BCUT2D eigenvalue weighted by molar-refractivity contribution is 5.90. The Balaban J connectivity index is 2.51. The van der Waals surface area contributed by atoms with Gasteiger partial charge in [0.05, 0.1) is 19.0 Å². The van der Waals surface area contributed by atoms with Crippen LogP contribution in [-0.2, 0) is 4.74 Å². The van der Waals surface area contributed by atoms with Gasteiger partial charge in [0.15, 0.2) is 0 Å². The summed E-state index contributed by atoms with van der Waals surface area (Å²) in [6.45, 7) is 0.861. The van der Waals surface area contributed by atoms with Crippen molar-refractivity contribution in [2.75, 3.05) is 20.3 Å². The molecule has 0 aliphatic rings. The Kier molecular flexibility index (Phi) is 3.81. The Morgan fingerprint density at radius 3 is 2.71 bits per heavy atom. The Labute approximate surface area is 81.1 Å². The van der Waals surface area contributed by atoms with Crippen LogP contribution in [0.3, 0.4) is 0 Å². The van der Waals surface area contributed by atoms with E-state index in [4.69, 9.17) is 15.2 Å². The molecule has 2 N–H and O–H groups in total. The zero-order valence-corrected chi connectivity index (χ0v) is 7.77. The minimum absolute atomic E-state index is 0.115. The fraction of sp³-hybridized carbons (Fsp3) is 0.375. The lowest BCUT2D eigenvalue weighted by Gasteiger charge is -2.03. The molecule has 6 nitrogen and oxygen atoms in total. The molecule has 1 aromatic heterocycles. The van der Waals surface area contributed by atoms with Crippen molar-refractivity contribution in [2.45, 2.75) is 0 Å². The van der Waals surface area contributed by atoms with Crippen LogP contribution in [0.1, 0.15) is 10.5 Å². The fourth-order valence-corrected chi connectivity index (χ4v) is 0.748. The molecule has 0 fully saturated rings. The zero-order valence-electron chi connectivity index (χ0n) is 7.77. The number of nitrogens with two attached hydrogens (primary N) is 1. The number of carbonyl (C=O) groups excluding carboxylic acids is 1. The van der Waals surface area contributed by atoms with Gasteiger partial charge in [-0.05, 0) is 0 Å². The number of methoxy groups -OCH3 is 1. The second kappa shape index (κ2) is 5.13. The van der Waals surface area contributed by atoms with Crippen molar-refractivity contribution < 1.29 is 14.3 Å². The summed E-state index contributed by atoms with van der Waals surface area (Å²) in [6, 6.07) is 0. The van der Waals surface area contributed by atoms with Gasteiger partial charge in [-0.1, -0.05) is 0 Å². The van der Waals surface area contributed by atoms with Crippen LogP contribution in [0.15, 0.2) is 12.4 Å². The van der Waals surface area contributed by atoms with E-state index >= 15 is 0 Å². The van der Waals surface area contributed by atoms with Gasteiger partial charge in [0.25, 0.3) is 5.91 Å². The summed E-state index contributed by atoms with van der Waals surface area (Å²) in [5.74, 6) is -0.270. The molecule has 0 aliphatic carbocycles. The highest BCUT2D eigenvalue weighted by Crippen LogP contribution is 2.02. The molecule has 0 saturated carbocycles. The number of ether oxygens (including phenoxy) is 2. The summed E-state index contributed by atoms with van der Waals surface area (Å²) >= 11 is 0. The van der Waals surface area contributed by atoms with Gasteiger partial charge in [-0.15, -0.1) is 0 Å². The third kappa shape index (κ3) is 2.98. The number of rotatable bonds is 5. The molecule has 0 saturated heterocycles. The fourth-order valence-electron chi connectivity index (χ4n) is 0.748. The number of nitrogens with zero attached hydrogens (tertiary/aromatic N) is 2. The van der Waals surface area contributed by atoms with Crippen LogP contribution in [-0.4, -0.2) is 36.2 Å². The van der Waals surface area contributed by atoms with E-state index < -0.39 is 5.91 Å². The van der Waals surface area contributed by atoms with Crippen molar-refractivity contribution in [3.8, 4) is 5.88 Å². The van der Waals surface area contributed by atoms with Crippen molar-refractivity contribution in [2.24, 2.45) is 5.73 Å². The minimum Gasteiger partial charge on any atom is -0.474 e. The Hall–Kier alpha value is -1.69. The molecular formula is C8H11N3O3. The molecular weight excluding hydrogens is 186 g/mol. The van der Waals surface area contributed by atoms with E-state index in [0.29, 0.717) is 19.1 Å². The Bertz CT molecular complexity index is 299. The van der Waals surface area contributed by atoms with Gasteiger partial charge in [-0.25, -0.2) is 9.97 Å². The quantitative estimate of drug-likeness (QED) is 0.649. The lowest BCUT2D eigenvalue weighted by atomic mass is 10.4. The van der Waals surface area contributed by atoms with E-state index in [9.17, 15) is 4.79 Å². The van der Waals surface area contributed by atoms with Crippen molar-refractivity contribution in [1.82, 2.24) is 9.97 Å². The van der Waals surface area contributed by atoms with Crippen LogP contribution in [0, 0.1) is 0 Å². The van der Waals surface area contributed by atoms with E-state index in [-0.39, 0.29) is 5.69 Å². The summed E-state index contributed by atoms with van der Waals surface area (Å²) in [5, 5.41) is 0. The molecule has 0 radical (unpaired) electrons. The van der Waals surface area contributed by atoms with Gasteiger partial charge in [0.2, 0.25) is 5.88 Å². The maximum absolute atomic E-state index is 10.6. The minimum atomic E-state index is -0.610. The van der Waals surface area contributed by atoms with Gasteiger partial charge < -0.3 is 15.2 Å². The second-order valence-corrected chi connectivity index (χ2v) is 2.45. The monoisotopic (exact) mass is 197 g/mol. The number of hydrogen-bond acceptors (Lipinski definition) is 5. The molecule has 0 aromatic carbocycles. The lowest BCUT2D eigenvalue weighted by molar-refractivity contribution is 0.0994. The van der Waals surface area contributed by atoms with Crippen LogP contribution in [0.2, 0.25) is 0 Å². The number of aromatic nitrogens is 2. The van der Waals surface area contributed by atoms with Crippen LogP contribution in [0.25, 0.3) is 0 Å². The molecule has 6 heteroatoms. The van der Waals surface area contributed by atoms with Crippen LogP contribution >= 0.6 is 0 Å². The normalized spacial score (nSPS) is 9.79. The van der Waals surface area contributed by atoms with Gasteiger partial charge in [-0.3, -0.25) is 4.79 Å². The highest BCUT2D eigenvalue weighted by atomic mass is 16.5. The molecule has 0 spiro atoms. The average molecular weight is 197 g/mol. The smallest absolute Gasteiger partial charge is 0.268 e. The summed E-state index contributed by atoms with van der Waals surface area (Å²) in [7, 11) is 1.57. The summed E-state index contributed by atoms with van der Waals surface area (Å²) in [4.78, 5) is 18.2. The number of primary amides is 1. The summed E-state index contributed by atoms with van der Waals surface area (Å²) < 4.78 is 9.91. The first-order valence-corrected chi connectivity index (χ1v) is 3.97. The first-order valence-electron chi connectivity index (χ1n) is 3.97. The van der Waals surface area contributed by atoms with E-state index in [1.54, 1.807) is 7.11 Å². The third-order valence-corrected chi connectivity index (χ3v) is 1.42. The summed E-state index contributed by atoms with van der Waals surface area (Å²) in [5.41, 5.74) is 5.10. The zero-order chi connectivity index (χ0) is 10.4. The van der Waals surface area contributed by atoms with Gasteiger partial charge in [0, 0.05) is 7.11 Å². The second-order valence-electron chi connectivity index (χ2n) is 2.45. The number of amides is 1. The third-order valence-electron chi connectivity index (χ3n) is 1.42. The van der Waals surface area contributed by atoms with Crippen LogP contribution < -0.4 is 10.5 Å². The molecule has 76 valence electrons. The molecule has 0 atom stereocenters. The van der Waals surface area contributed by atoms with E-state index in [2.05, 4.69) is 9.97 Å². The van der Waals surface area contributed by atoms with Crippen molar-refractivity contribution in [1.29, 1.82) is 0 Å². The van der Waals surface area contributed by atoms with E-state index in [1.807, 2.05) is 0 Å². The SMILES string of the molecule is COCCOc1cnc(C(N)=O)cn1. The molecule has 1 heterocycles. The van der Waals surface area contributed by atoms with E-state index in [1.165, 1.54) is 12.4 Å². The maximum Gasteiger partial charge on any atom is 0.268 e. The van der Waals surface area contributed by atoms with Gasteiger partial charge >= 0.3 is 0 Å². The molecule has 0 aliphatic heterocycles. The topological polar surface area (TPSA) is 87.3 Å². The van der Waals surface area contributed by atoms with Gasteiger partial charge in [-0.2, -0.15) is 0 Å². The van der Waals surface area contributed by atoms with Crippen LogP contribution in [0.5, 0.6) is 5.88 Å². The highest BCUT2D eigenvalue weighted by Gasteiger charge is 2.02. The van der Waals surface area contributed by atoms with Crippen molar-refractivity contribution in [3.05, 3.63) is 18.1 Å². The Morgan fingerprint density at radius 1 is 1.43 bits per heavy atom. The maximum atomic E-state index is 10.6. The van der Waals surface area contributed by atoms with Gasteiger partial charge in [0.1, 0.15) is 12.3 Å². The summed E-state index contributed by atoms with van der Waals surface area (Å²) in [6.07, 6.45) is 2.61. The average Bonchev–Trinajstić information content (AvgIpc) is 2.19. The largest absolute Gasteiger partial charge is 0.474 e. The molecule has 1 rings (SSSR count). The number of hydrogen-bond donors (Lipinski definition) is 1. The first kappa shape index (κ1) is 10.4. The molecule has 1 amide bonds. The Morgan fingerprint density at radius 2 is 2.21 bits per heavy atom. The molecule has 0 unspecified atom stereocenters. The number of carbonyl (C=O) groups is 1. The standard InChI is InChI=1S/C8H11N3O3/c1-13-2-3-14-7-5-10-6(4-11-7)8(9)12/h4-5H,2-3H2,1H3,(H2,9,12). The van der Waals surface area contributed by atoms with Crippen LogP contribution in [0.4, 0.5) is 0 Å². The van der Waals surface area contributed by atoms with Crippen molar-refractivity contribution in [3.63, 3.8) is 0 Å². The predicted molar refractivity (Wildman–Crippen MR) is 47.9 cm³/mol. The molecule has 14 heavy (non-hydrogen) atoms. The molecule has 1 aromatic rings. The predicted octanol–water partition coefficient (Wildman–Crippen LogP) is -0.399. The van der Waals surface area contributed by atoms with E-state index in [0.717, 1.165) is 0 Å².